The summed E-state index contributed by atoms with van der Waals surface area (Å²) in [7, 11) is 0. The first-order chi connectivity index (χ1) is 11.7. The van der Waals surface area contributed by atoms with Crippen LogP contribution in [0.2, 0.25) is 0 Å². The van der Waals surface area contributed by atoms with E-state index in [9.17, 15) is 22.8 Å². The van der Waals surface area contributed by atoms with Gasteiger partial charge in [-0.05, 0) is 37.8 Å². The van der Waals surface area contributed by atoms with E-state index in [0.717, 1.165) is 6.07 Å². The molecular weight excluding hydrogens is 339 g/mol. The van der Waals surface area contributed by atoms with Gasteiger partial charge in [0.15, 0.2) is 6.10 Å². The SMILES string of the molecule is CC(Oc1ccccc1C(F)(F)F)C(=O)N1CCC(CC(=O)O)CC1. The van der Waals surface area contributed by atoms with Crippen molar-refractivity contribution < 1.29 is 32.6 Å². The monoisotopic (exact) mass is 359 g/mol. The number of hydrogen-bond donors (Lipinski definition) is 1. The van der Waals surface area contributed by atoms with Crippen LogP contribution in [0.1, 0.15) is 31.7 Å². The molecule has 1 fully saturated rings. The summed E-state index contributed by atoms with van der Waals surface area (Å²) in [6, 6.07) is 4.77. The van der Waals surface area contributed by atoms with Crippen LogP contribution in [0.5, 0.6) is 5.75 Å². The molecule has 0 aromatic heterocycles. The molecule has 138 valence electrons. The van der Waals surface area contributed by atoms with Crippen LogP contribution in [-0.4, -0.2) is 41.1 Å². The second-order valence-corrected chi connectivity index (χ2v) is 6.12. The molecule has 1 unspecified atom stereocenters. The Balaban J connectivity index is 1.97. The molecule has 0 bridgehead atoms. The lowest BCUT2D eigenvalue weighted by molar-refractivity contribution is -0.144. The van der Waals surface area contributed by atoms with E-state index in [-0.39, 0.29) is 18.1 Å². The van der Waals surface area contributed by atoms with Crippen LogP contribution >= 0.6 is 0 Å². The van der Waals surface area contributed by atoms with Crippen LogP contribution in [0.25, 0.3) is 0 Å². The van der Waals surface area contributed by atoms with Crippen LogP contribution < -0.4 is 4.74 Å². The molecule has 1 aliphatic rings. The number of likely N-dealkylation sites (tertiary alicyclic amines) is 1. The lowest BCUT2D eigenvalue weighted by atomic mass is 9.93. The number of piperidine rings is 1. The van der Waals surface area contributed by atoms with E-state index in [1.807, 2.05) is 0 Å². The Morgan fingerprint density at radius 2 is 1.88 bits per heavy atom. The zero-order valence-electron chi connectivity index (χ0n) is 13.8. The predicted octanol–water partition coefficient (Wildman–Crippen LogP) is 3.19. The molecule has 8 heteroatoms. The number of ether oxygens (including phenoxy) is 1. The third-order valence-corrected chi connectivity index (χ3v) is 4.23. The van der Waals surface area contributed by atoms with Gasteiger partial charge in [0.2, 0.25) is 0 Å². The molecule has 0 spiro atoms. The minimum absolute atomic E-state index is 0.0173. The Labute approximate surface area is 143 Å². The number of carboxylic acid groups (broad SMARTS) is 1. The van der Waals surface area contributed by atoms with Crippen molar-refractivity contribution in [2.24, 2.45) is 5.92 Å². The number of hydrogen-bond acceptors (Lipinski definition) is 3. The van der Waals surface area contributed by atoms with Crippen LogP contribution in [0, 0.1) is 5.92 Å². The maximum absolute atomic E-state index is 13.0. The smallest absolute Gasteiger partial charge is 0.419 e. The summed E-state index contributed by atoms with van der Waals surface area (Å²) in [4.78, 5) is 24.6. The summed E-state index contributed by atoms with van der Waals surface area (Å²) in [5.41, 5.74) is -0.921. The van der Waals surface area contributed by atoms with Gasteiger partial charge in [-0.3, -0.25) is 9.59 Å². The fourth-order valence-electron chi connectivity index (χ4n) is 2.91. The minimum Gasteiger partial charge on any atom is -0.481 e. The Bertz CT molecular complexity index is 625. The van der Waals surface area contributed by atoms with Crippen molar-refractivity contribution in [2.75, 3.05) is 13.1 Å². The first-order valence-corrected chi connectivity index (χ1v) is 8.02. The van der Waals surface area contributed by atoms with Gasteiger partial charge in [0.25, 0.3) is 5.91 Å². The number of rotatable bonds is 5. The summed E-state index contributed by atoms with van der Waals surface area (Å²) < 4.78 is 44.2. The molecule has 1 saturated heterocycles. The second-order valence-electron chi connectivity index (χ2n) is 6.12. The highest BCUT2D eigenvalue weighted by molar-refractivity contribution is 5.81. The van der Waals surface area contributed by atoms with Gasteiger partial charge < -0.3 is 14.7 Å². The quantitative estimate of drug-likeness (QED) is 0.877. The lowest BCUT2D eigenvalue weighted by Crippen LogP contribution is -2.45. The Morgan fingerprint density at radius 1 is 1.28 bits per heavy atom. The summed E-state index contributed by atoms with van der Waals surface area (Å²) in [5, 5.41) is 8.79. The van der Waals surface area contributed by atoms with Gasteiger partial charge >= 0.3 is 12.1 Å². The van der Waals surface area contributed by atoms with Gasteiger partial charge in [-0.15, -0.1) is 0 Å². The maximum Gasteiger partial charge on any atom is 0.419 e. The summed E-state index contributed by atoms with van der Waals surface area (Å²) in [6.07, 6.45) is -4.44. The number of nitrogens with zero attached hydrogens (tertiary/aromatic N) is 1. The zero-order chi connectivity index (χ0) is 18.6. The molecule has 25 heavy (non-hydrogen) atoms. The third-order valence-electron chi connectivity index (χ3n) is 4.23. The van der Waals surface area contributed by atoms with Gasteiger partial charge in [0, 0.05) is 19.5 Å². The zero-order valence-corrected chi connectivity index (χ0v) is 13.8. The molecule has 0 radical (unpaired) electrons. The van der Waals surface area contributed by atoms with Crippen molar-refractivity contribution in [1.82, 2.24) is 4.90 Å². The Morgan fingerprint density at radius 3 is 2.44 bits per heavy atom. The van der Waals surface area contributed by atoms with Gasteiger partial charge in [-0.1, -0.05) is 12.1 Å². The van der Waals surface area contributed by atoms with Crippen molar-refractivity contribution in [1.29, 1.82) is 0 Å². The topological polar surface area (TPSA) is 66.8 Å². The molecule has 5 nitrogen and oxygen atoms in total. The fraction of sp³-hybridized carbons (Fsp3) is 0.529. The maximum atomic E-state index is 13.0. The number of carbonyl (C=O) groups excluding carboxylic acids is 1. The molecule has 1 aromatic rings. The Kier molecular flexibility index (Phi) is 5.92. The van der Waals surface area contributed by atoms with Crippen LogP contribution in [0.3, 0.4) is 0 Å². The molecule has 1 atom stereocenters. The minimum atomic E-state index is -4.56. The van der Waals surface area contributed by atoms with Gasteiger partial charge in [-0.25, -0.2) is 0 Å². The van der Waals surface area contributed by atoms with E-state index in [1.54, 1.807) is 0 Å². The number of amides is 1. The number of carboxylic acids is 1. The van der Waals surface area contributed by atoms with Gasteiger partial charge in [-0.2, -0.15) is 13.2 Å². The molecule has 1 heterocycles. The van der Waals surface area contributed by atoms with Crippen molar-refractivity contribution in [3.8, 4) is 5.75 Å². The molecule has 1 N–H and O–H groups in total. The summed E-state index contributed by atoms with van der Waals surface area (Å²) in [5.74, 6) is -1.63. The summed E-state index contributed by atoms with van der Waals surface area (Å²) >= 11 is 0. The average Bonchev–Trinajstić information content (AvgIpc) is 2.54. The van der Waals surface area contributed by atoms with E-state index < -0.39 is 29.7 Å². The average molecular weight is 359 g/mol. The number of carbonyl (C=O) groups is 2. The normalized spacial score (nSPS) is 17.2. The highest BCUT2D eigenvalue weighted by atomic mass is 19.4. The van der Waals surface area contributed by atoms with Crippen molar-refractivity contribution in [3.05, 3.63) is 29.8 Å². The van der Waals surface area contributed by atoms with Crippen molar-refractivity contribution in [3.63, 3.8) is 0 Å². The van der Waals surface area contributed by atoms with Crippen molar-refractivity contribution in [2.45, 2.75) is 38.5 Å². The first kappa shape index (κ1) is 19.1. The van der Waals surface area contributed by atoms with Crippen LogP contribution in [0.15, 0.2) is 24.3 Å². The van der Waals surface area contributed by atoms with E-state index in [2.05, 4.69) is 0 Å². The highest BCUT2D eigenvalue weighted by Gasteiger charge is 2.35. The number of halogens is 3. The third kappa shape index (κ3) is 5.11. The van der Waals surface area contributed by atoms with Crippen molar-refractivity contribution >= 4 is 11.9 Å². The molecule has 0 aliphatic carbocycles. The van der Waals surface area contributed by atoms with E-state index >= 15 is 0 Å². The molecule has 1 aromatic carbocycles. The first-order valence-electron chi connectivity index (χ1n) is 8.02. The second kappa shape index (κ2) is 7.76. The van der Waals surface area contributed by atoms with Gasteiger partial charge in [0.1, 0.15) is 5.75 Å². The van der Waals surface area contributed by atoms with E-state index in [0.29, 0.717) is 25.9 Å². The largest absolute Gasteiger partial charge is 0.481 e. The number of benzene rings is 1. The number of aliphatic carboxylic acids is 1. The highest BCUT2D eigenvalue weighted by Crippen LogP contribution is 2.36. The van der Waals surface area contributed by atoms with E-state index in [4.69, 9.17) is 9.84 Å². The predicted molar refractivity (Wildman–Crippen MR) is 83.1 cm³/mol. The molecule has 1 amide bonds. The van der Waals surface area contributed by atoms with Gasteiger partial charge in [0.05, 0.1) is 5.56 Å². The number of alkyl halides is 3. The summed E-state index contributed by atoms with van der Waals surface area (Å²) in [6.45, 7) is 2.18. The Hall–Kier alpha value is -2.25. The lowest BCUT2D eigenvalue weighted by Gasteiger charge is -2.33. The fourth-order valence-corrected chi connectivity index (χ4v) is 2.91. The number of para-hydroxylation sites is 1. The molecule has 0 saturated carbocycles. The van der Waals surface area contributed by atoms with Crippen LogP contribution in [-0.2, 0) is 15.8 Å². The molecule has 2 rings (SSSR count). The van der Waals surface area contributed by atoms with Crippen LogP contribution in [0.4, 0.5) is 13.2 Å². The molecule has 1 aliphatic heterocycles. The van der Waals surface area contributed by atoms with E-state index in [1.165, 1.54) is 30.0 Å². The molecular formula is C17H20F3NO4. The standard InChI is InChI=1S/C17H20F3NO4/c1-11(25-14-5-3-2-4-13(14)17(18,19)20)16(24)21-8-6-12(7-9-21)10-15(22)23/h2-5,11-12H,6-10H2,1H3,(H,22,23).